The van der Waals surface area contributed by atoms with Gasteiger partial charge in [-0.3, -0.25) is 4.79 Å². The number of aromatic amines is 1. The van der Waals surface area contributed by atoms with Crippen LogP contribution in [0.25, 0.3) is 11.3 Å². The normalized spacial score (nSPS) is 26.4. The quantitative estimate of drug-likeness (QED) is 0.535. The second-order valence-electron chi connectivity index (χ2n) is 11.2. The molecule has 1 N–H and O–H groups in total. The van der Waals surface area contributed by atoms with Crippen LogP contribution in [0, 0.1) is 11.3 Å². The molecule has 1 aromatic carbocycles. The lowest BCUT2D eigenvalue weighted by atomic mass is 9.49. The lowest BCUT2D eigenvalue weighted by Gasteiger charge is -2.56. The Kier molecular flexibility index (Phi) is 5.45. The van der Waals surface area contributed by atoms with Crippen molar-refractivity contribution in [2.45, 2.75) is 77.7 Å². The number of nitrogens with one attached hydrogen (secondary N) is 1. The lowest BCUT2D eigenvalue weighted by Crippen LogP contribution is -2.50. The van der Waals surface area contributed by atoms with Crippen LogP contribution in [-0.2, 0) is 23.1 Å². The molecule has 2 aliphatic carbocycles. The summed E-state index contributed by atoms with van der Waals surface area (Å²) in [5.74, 6) is 0.584. The minimum Gasteiger partial charge on any atom is -0.465 e. The van der Waals surface area contributed by atoms with Gasteiger partial charge < -0.3 is 9.30 Å². The Morgan fingerprint density at radius 3 is 2.79 bits per heavy atom. The zero-order valence-electron chi connectivity index (χ0n) is 20.9. The molecule has 5 rings (SSSR count). The number of esters is 1. The minimum absolute atomic E-state index is 0.0416. The predicted molar refractivity (Wildman–Crippen MR) is 132 cm³/mol. The number of H-pyrrole nitrogens is 1. The van der Waals surface area contributed by atoms with E-state index in [0.29, 0.717) is 28.7 Å². The molecule has 1 saturated carbocycles. The molecule has 0 radical (unpaired) electrons. The van der Waals surface area contributed by atoms with Crippen LogP contribution in [0.3, 0.4) is 0 Å². The van der Waals surface area contributed by atoms with Gasteiger partial charge in [0.25, 0.3) is 5.56 Å². The molecule has 34 heavy (non-hydrogen) atoms. The van der Waals surface area contributed by atoms with Gasteiger partial charge in [0, 0.05) is 18.9 Å². The Balaban J connectivity index is 1.54. The molecule has 4 aliphatic rings. The van der Waals surface area contributed by atoms with E-state index in [1.54, 1.807) is 6.20 Å². The Morgan fingerprint density at radius 1 is 1.26 bits per heavy atom. The largest absolute Gasteiger partial charge is 0.465 e. The fraction of sp³-hybridized carbons (Fsp3) is 0.536. The molecule has 0 spiro atoms. The summed E-state index contributed by atoms with van der Waals surface area (Å²) in [5, 5.41) is 6.55. The molecule has 1 aromatic rings. The molecule has 180 valence electrons. The smallest absolute Gasteiger partial charge is 0.341 e. The van der Waals surface area contributed by atoms with E-state index in [1.807, 2.05) is 10.8 Å². The van der Waals surface area contributed by atoms with Gasteiger partial charge in [0.15, 0.2) is 0 Å². The molecule has 6 nitrogen and oxygen atoms in total. The second-order valence-corrected chi connectivity index (χ2v) is 11.2. The number of carbonyl (C=O) groups is 1. The third-order valence-corrected chi connectivity index (χ3v) is 8.73. The van der Waals surface area contributed by atoms with Gasteiger partial charge in [-0.2, -0.15) is 5.10 Å². The number of benzene rings is 1. The van der Waals surface area contributed by atoms with Crippen molar-refractivity contribution in [1.29, 1.82) is 0 Å². The Hall–Kier alpha value is -2.89. The SMILES string of the molecule is COC(=O)c1cn(C[C@]2(C)CCC[C@]3(C)c4ccc(C(C)C)cc4CC[C@@H]23)cc2c(=O)[nH]nc1-2. The Labute approximate surface area is 201 Å². The van der Waals surface area contributed by atoms with Crippen molar-refractivity contribution < 1.29 is 9.53 Å². The highest BCUT2D eigenvalue weighted by molar-refractivity contribution is 5.95. The van der Waals surface area contributed by atoms with Crippen molar-refractivity contribution >= 4 is 5.97 Å². The highest BCUT2D eigenvalue weighted by atomic mass is 16.5. The maximum absolute atomic E-state index is 12.5. The zero-order valence-corrected chi connectivity index (χ0v) is 20.9. The van der Waals surface area contributed by atoms with Crippen LogP contribution >= 0.6 is 0 Å². The minimum atomic E-state index is -0.475. The van der Waals surface area contributed by atoms with Gasteiger partial charge in [0.05, 0.1) is 12.7 Å². The van der Waals surface area contributed by atoms with Crippen LogP contribution < -0.4 is 5.56 Å². The fourth-order valence-corrected chi connectivity index (χ4v) is 7.05. The van der Waals surface area contributed by atoms with E-state index in [1.165, 1.54) is 36.6 Å². The molecular weight excluding hydrogens is 426 g/mol. The summed E-state index contributed by atoms with van der Waals surface area (Å²) < 4.78 is 7.01. The maximum Gasteiger partial charge on any atom is 0.341 e. The lowest BCUT2D eigenvalue weighted by molar-refractivity contribution is 0.0117. The Morgan fingerprint density at radius 2 is 2.06 bits per heavy atom. The van der Waals surface area contributed by atoms with E-state index in [-0.39, 0.29) is 16.4 Å². The summed E-state index contributed by atoms with van der Waals surface area (Å²) in [4.78, 5) is 24.8. The van der Waals surface area contributed by atoms with Crippen molar-refractivity contribution in [3.05, 3.63) is 63.2 Å². The summed E-state index contributed by atoms with van der Waals surface area (Å²) in [6.07, 6.45) is 9.40. The molecular formula is C28H35N3O3. The molecule has 3 atom stereocenters. The van der Waals surface area contributed by atoms with Gasteiger partial charge in [0.1, 0.15) is 11.3 Å². The number of aromatic nitrogens is 3. The molecule has 0 unspecified atom stereocenters. The summed E-state index contributed by atoms with van der Waals surface area (Å²) >= 11 is 0. The maximum atomic E-state index is 12.5. The summed E-state index contributed by atoms with van der Waals surface area (Å²) in [6, 6.07) is 7.16. The number of hydrogen-bond donors (Lipinski definition) is 1. The fourth-order valence-electron chi connectivity index (χ4n) is 7.05. The van der Waals surface area contributed by atoms with E-state index in [4.69, 9.17) is 4.74 Å². The first kappa shape index (κ1) is 22.9. The van der Waals surface area contributed by atoms with Crippen LogP contribution in [0.2, 0.25) is 0 Å². The van der Waals surface area contributed by atoms with Crippen LogP contribution in [0.15, 0.2) is 35.4 Å². The highest BCUT2D eigenvalue weighted by Crippen LogP contribution is 2.58. The van der Waals surface area contributed by atoms with E-state index >= 15 is 0 Å². The molecule has 2 heterocycles. The number of methoxy groups -OCH3 is 1. The number of ether oxygens (including phenoxy) is 1. The number of rotatable bonds is 4. The molecule has 0 bridgehead atoms. The summed E-state index contributed by atoms with van der Waals surface area (Å²) in [7, 11) is 1.36. The molecule has 6 heteroatoms. The van der Waals surface area contributed by atoms with Crippen molar-refractivity contribution in [1.82, 2.24) is 14.8 Å². The van der Waals surface area contributed by atoms with Crippen LogP contribution in [0.5, 0.6) is 0 Å². The average Bonchev–Trinajstić information content (AvgIpc) is 3.18. The molecule has 1 fully saturated rings. The van der Waals surface area contributed by atoms with Gasteiger partial charge in [-0.15, -0.1) is 0 Å². The molecule has 0 saturated heterocycles. The standard InChI is InChI=1S/C28H35N3O3/c1-17(2)18-7-9-22-19(13-18)8-10-23-27(3,11-6-12-28(22,23)4)16-31-14-20-24(29-30-25(20)32)21(15-31)26(33)34-5/h7,9,13-15,17,23H,6,8,10-12,16H2,1-5H3,(H,30,32)/t23-,27-,28+/m0/s1. The first-order chi connectivity index (χ1) is 16.2. The van der Waals surface area contributed by atoms with Crippen LogP contribution in [0.1, 0.15) is 86.3 Å². The number of carbonyl (C=O) groups excluding carboxylic acids is 1. The van der Waals surface area contributed by atoms with E-state index in [2.05, 4.69) is 56.1 Å². The number of hydrogen-bond acceptors (Lipinski definition) is 4. The average molecular weight is 462 g/mol. The van der Waals surface area contributed by atoms with Crippen LogP contribution in [0.4, 0.5) is 0 Å². The first-order valence-electron chi connectivity index (χ1n) is 12.5. The zero-order chi connectivity index (χ0) is 24.3. The van der Waals surface area contributed by atoms with Crippen LogP contribution in [-0.4, -0.2) is 27.8 Å². The first-order valence-corrected chi connectivity index (χ1v) is 12.5. The third-order valence-electron chi connectivity index (χ3n) is 8.73. The number of aryl methyl sites for hydroxylation is 1. The molecule has 2 aliphatic heterocycles. The van der Waals surface area contributed by atoms with Gasteiger partial charge in [-0.05, 0) is 65.0 Å². The van der Waals surface area contributed by atoms with Crippen molar-refractivity contribution in [2.24, 2.45) is 11.3 Å². The summed E-state index contributed by atoms with van der Waals surface area (Å²) in [5.41, 5.74) is 5.49. The Bertz CT molecular complexity index is 1270. The monoisotopic (exact) mass is 461 g/mol. The second kappa shape index (κ2) is 8.10. The molecule has 0 aromatic heterocycles. The van der Waals surface area contributed by atoms with Gasteiger partial charge in [-0.1, -0.05) is 52.3 Å². The third kappa shape index (κ3) is 3.50. The van der Waals surface area contributed by atoms with Crippen molar-refractivity contribution in [2.75, 3.05) is 7.11 Å². The van der Waals surface area contributed by atoms with E-state index in [9.17, 15) is 9.59 Å². The molecule has 0 amide bonds. The number of fused-ring (bicyclic) bond motifs is 4. The van der Waals surface area contributed by atoms with E-state index < -0.39 is 5.97 Å². The highest BCUT2D eigenvalue weighted by Gasteiger charge is 2.51. The van der Waals surface area contributed by atoms with Gasteiger partial charge in [0.2, 0.25) is 0 Å². The number of pyridine rings is 1. The van der Waals surface area contributed by atoms with Crippen molar-refractivity contribution in [3.63, 3.8) is 0 Å². The van der Waals surface area contributed by atoms with E-state index in [0.717, 1.165) is 25.8 Å². The topological polar surface area (TPSA) is 77.0 Å². The number of nitrogens with zero attached hydrogens (tertiary/aromatic N) is 2. The van der Waals surface area contributed by atoms with Gasteiger partial charge in [-0.25, -0.2) is 9.89 Å². The van der Waals surface area contributed by atoms with Gasteiger partial charge >= 0.3 is 5.97 Å². The predicted octanol–water partition coefficient (Wildman–Crippen LogP) is 5.30. The summed E-state index contributed by atoms with van der Waals surface area (Å²) in [6.45, 7) is 10.1. The van der Waals surface area contributed by atoms with Crippen molar-refractivity contribution in [3.8, 4) is 11.3 Å².